The second-order valence-electron chi connectivity index (χ2n) is 11.8. The number of likely N-dealkylation sites (N-methyl/N-ethyl adjacent to an activating group) is 1. The summed E-state index contributed by atoms with van der Waals surface area (Å²) in [5.74, 6) is 2.09. The van der Waals surface area contributed by atoms with Gasteiger partial charge < -0.3 is 49.5 Å². The van der Waals surface area contributed by atoms with Gasteiger partial charge in [-0.1, -0.05) is 90.8 Å². The van der Waals surface area contributed by atoms with Crippen LogP contribution in [-0.4, -0.2) is 38.1 Å². The van der Waals surface area contributed by atoms with E-state index in [9.17, 15) is 0 Å². The summed E-state index contributed by atoms with van der Waals surface area (Å²) in [6, 6.07) is 9.43. The van der Waals surface area contributed by atoms with Crippen LogP contribution in [0.25, 0.3) is 0 Å². The van der Waals surface area contributed by atoms with Gasteiger partial charge in [0.15, 0.2) is 0 Å². The van der Waals surface area contributed by atoms with Crippen molar-refractivity contribution in [2.75, 3.05) is 43.9 Å². The minimum atomic E-state index is 0. The summed E-state index contributed by atoms with van der Waals surface area (Å²) in [6.07, 6.45) is 1.14. The zero-order valence-electron chi connectivity index (χ0n) is 25.7. The maximum atomic E-state index is 3.81. The molecule has 2 aromatic rings. The molecule has 0 atom stereocenters. The first-order chi connectivity index (χ1) is 16.4. The van der Waals surface area contributed by atoms with Crippen LogP contribution in [0, 0.1) is 13.8 Å². The molecular weight excluding hydrogens is 645 g/mol. The van der Waals surface area contributed by atoms with Gasteiger partial charge in [-0.05, 0) is 79.8 Å². The minimum absolute atomic E-state index is 0. The monoisotopic (exact) mass is 696 g/mol. The Morgan fingerprint density at radius 2 is 0.895 bits per heavy atom. The van der Waals surface area contributed by atoms with Crippen LogP contribution in [0.2, 0.25) is 0 Å². The summed E-state index contributed by atoms with van der Waals surface area (Å²) in [7, 11) is 2.24. The molecule has 0 spiro atoms. The molecule has 3 nitrogen and oxygen atoms in total. The van der Waals surface area contributed by atoms with E-state index in [1.165, 1.54) is 44.8 Å². The molecule has 0 saturated carbocycles. The smallest absolute Gasteiger partial charge is 1.00 e. The topological polar surface area (TPSA) is 27.3 Å². The Kier molecular flexibility index (Phi) is 19.5. The Hall–Kier alpha value is -0.534. The second kappa shape index (κ2) is 18.7. The molecule has 0 heterocycles. The van der Waals surface area contributed by atoms with Crippen LogP contribution in [-0.2, 0) is 16.8 Å². The summed E-state index contributed by atoms with van der Waals surface area (Å²) in [6.45, 7) is 26.9. The fraction of sp³-hybridized carbons (Fsp3) is 0.625. The Morgan fingerprint density at radius 1 is 0.579 bits per heavy atom. The molecule has 6 heteroatoms. The van der Waals surface area contributed by atoms with E-state index < -0.39 is 0 Å². The van der Waals surface area contributed by atoms with Crippen LogP contribution in [0.5, 0.6) is 0 Å². The van der Waals surface area contributed by atoms with Crippen molar-refractivity contribution in [1.29, 1.82) is 0 Å². The summed E-state index contributed by atoms with van der Waals surface area (Å²) < 4.78 is 0. The molecule has 2 N–H and O–H groups in total. The third-order valence-electron chi connectivity index (χ3n) is 6.99. The van der Waals surface area contributed by atoms with Crippen LogP contribution in [0.3, 0.4) is 0 Å². The first-order valence-corrected chi connectivity index (χ1v) is 13.9. The van der Waals surface area contributed by atoms with Crippen LogP contribution < -0.4 is 44.6 Å². The zero-order valence-corrected chi connectivity index (χ0v) is 29.9. The van der Waals surface area contributed by atoms with Gasteiger partial charge in [0.2, 0.25) is 0 Å². The molecular formula is C32H53Br2CoN3. The van der Waals surface area contributed by atoms with Crippen molar-refractivity contribution < 1.29 is 50.7 Å². The quantitative estimate of drug-likeness (QED) is 0.316. The predicted octanol–water partition coefficient (Wildman–Crippen LogP) is 2.65. The third kappa shape index (κ3) is 11.5. The summed E-state index contributed by atoms with van der Waals surface area (Å²) in [5, 5.41) is 7.62. The Morgan fingerprint density at radius 3 is 1.21 bits per heavy atom. The average Bonchev–Trinajstić information content (AvgIpc) is 2.76. The van der Waals surface area contributed by atoms with E-state index in [4.69, 9.17) is 0 Å². The standard InChI is InChI=1S/C32H53N3.2BrH.Co/c1-21(2)27-17-25(9)18-28(22(3)4)31(27)33-13-12-15-35(11)16-14-34-32-29(23(5)6)19-26(10)20-30(32)24(7)8;;;/h17-24,33-34H,12-16H2,1-11H3;2*1H;/q;;;+2/p-2. The normalized spacial score (nSPS) is 11.1. The van der Waals surface area contributed by atoms with Gasteiger partial charge in [0, 0.05) is 31.0 Å². The number of nitrogens with one attached hydrogen (secondary N) is 2. The molecule has 0 amide bonds. The molecule has 0 aromatic heterocycles. The summed E-state index contributed by atoms with van der Waals surface area (Å²) in [4.78, 5) is 2.45. The van der Waals surface area contributed by atoms with Crippen LogP contribution in [0.15, 0.2) is 24.3 Å². The van der Waals surface area contributed by atoms with Crippen molar-refractivity contribution in [3.05, 3.63) is 57.6 Å². The third-order valence-corrected chi connectivity index (χ3v) is 6.99. The molecule has 38 heavy (non-hydrogen) atoms. The fourth-order valence-corrected chi connectivity index (χ4v) is 4.96. The molecule has 0 unspecified atom stereocenters. The van der Waals surface area contributed by atoms with E-state index in [1.807, 2.05) is 0 Å². The average molecular weight is 699 g/mol. The van der Waals surface area contributed by atoms with Crippen LogP contribution in [0.1, 0.15) is 119 Å². The first-order valence-electron chi connectivity index (χ1n) is 13.9. The number of benzene rings is 2. The number of hydrogen-bond donors (Lipinski definition) is 2. The van der Waals surface area contributed by atoms with Gasteiger partial charge in [0.25, 0.3) is 0 Å². The number of rotatable bonds is 13. The van der Waals surface area contributed by atoms with E-state index >= 15 is 0 Å². The number of nitrogens with zero attached hydrogens (tertiary/aromatic N) is 1. The van der Waals surface area contributed by atoms with Gasteiger partial charge in [0.05, 0.1) is 0 Å². The number of aryl methyl sites for hydroxylation is 2. The molecule has 0 aliphatic carbocycles. The van der Waals surface area contributed by atoms with Gasteiger partial charge in [-0.15, -0.1) is 0 Å². The molecule has 0 fully saturated rings. The molecule has 2 rings (SSSR count). The number of hydrogen-bond acceptors (Lipinski definition) is 3. The largest absolute Gasteiger partial charge is 2.00 e. The zero-order chi connectivity index (χ0) is 26.3. The fourth-order valence-electron chi connectivity index (χ4n) is 4.96. The molecule has 219 valence electrons. The van der Waals surface area contributed by atoms with Crippen molar-refractivity contribution in [3.8, 4) is 0 Å². The van der Waals surface area contributed by atoms with Crippen molar-refractivity contribution in [1.82, 2.24) is 4.90 Å². The van der Waals surface area contributed by atoms with Crippen LogP contribution in [0.4, 0.5) is 11.4 Å². The van der Waals surface area contributed by atoms with Gasteiger partial charge >= 0.3 is 16.8 Å². The van der Waals surface area contributed by atoms with Crippen molar-refractivity contribution in [3.63, 3.8) is 0 Å². The Balaban J connectivity index is 0. The number of halogens is 2. The van der Waals surface area contributed by atoms with E-state index in [2.05, 4.69) is 116 Å². The number of anilines is 2. The van der Waals surface area contributed by atoms with Crippen molar-refractivity contribution in [2.24, 2.45) is 0 Å². The van der Waals surface area contributed by atoms with E-state index in [1.54, 1.807) is 0 Å². The molecule has 1 radical (unpaired) electrons. The van der Waals surface area contributed by atoms with Gasteiger partial charge in [-0.25, -0.2) is 0 Å². The van der Waals surface area contributed by atoms with Gasteiger partial charge in [-0.2, -0.15) is 0 Å². The second-order valence-corrected chi connectivity index (χ2v) is 11.8. The first kappa shape index (κ1) is 39.6. The van der Waals surface area contributed by atoms with E-state index in [0.717, 1.165) is 32.6 Å². The SMILES string of the molecule is Cc1cc(C(C)C)c(NCCCN(C)CCNc2c(C(C)C)cc(C)cc2C(C)C)c(C(C)C)c1.[Br-].[Br-].[Co+2]. The minimum Gasteiger partial charge on any atom is -1.00 e. The van der Waals surface area contributed by atoms with Crippen molar-refractivity contribution >= 4 is 11.4 Å². The maximum absolute atomic E-state index is 3.81. The van der Waals surface area contributed by atoms with Crippen LogP contribution >= 0.6 is 0 Å². The Bertz CT molecular complexity index is 900. The molecule has 2 aromatic carbocycles. The molecule has 0 saturated heterocycles. The summed E-state index contributed by atoms with van der Waals surface area (Å²) >= 11 is 0. The molecule has 0 aliphatic rings. The van der Waals surface area contributed by atoms with E-state index in [-0.39, 0.29) is 50.7 Å². The maximum Gasteiger partial charge on any atom is 2.00 e. The summed E-state index contributed by atoms with van der Waals surface area (Å²) in [5.41, 5.74) is 11.2. The van der Waals surface area contributed by atoms with Crippen molar-refractivity contribution in [2.45, 2.75) is 99.3 Å². The Labute approximate surface area is 266 Å². The molecule has 0 aliphatic heterocycles. The van der Waals surface area contributed by atoms with Gasteiger partial charge in [0.1, 0.15) is 0 Å². The van der Waals surface area contributed by atoms with Gasteiger partial charge in [-0.3, -0.25) is 0 Å². The molecule has 0 bridgehead atoms. The van der Waals surface area contributed by atoms with E-state index in [0.29, 0.717) is 23.7 Å². The predicted molar refractivity (Wildman–Crippen MR) is 158 cm³/mol.